The standard InChI is InChI=1S/C10H16BrNO2/c1-9(11)10(13)14-8-7-12-5-3-2-4-6-12/h1-8H2. The molecule has 1 aliphatic heterocycles. The molecule has 0 aliphatic carbocycles. The van der Waals surface area contributed by atoms with Crippen molar-refractivity contribution in [2.24, 2.45) is 0 Å². The summed E-state index contributed by atoms with van der Waals surface area (Å²) in [5.41, 5.74) is 0. The van der Waals surface area contributed by atoms with E-state index < -0.39 is 0 Å². The van der Waals surface area contributed by atoms with E-state index in [1.54, 1.807) is 0 Å². The van der Waals surface area contributed by atoms with Gasteiger partial charge in [-0.3, -0.25) is 4.90 Å². The highest BCUT2D eigenvalue weighted by atomic mass is 79.9. The fourth-order valence-corrected chi connectivity index (χ4v) is 1.64. The number of halogens is 1. The van der Waals surface area contributed by atoms with Crippen molar-refractivity contribution < 1.29 is 9.53 Å². The predicted molar refractivity (Wildman–Crippen MR) is 59.3 cm³/mol. The number of hydrogen-bond acceptors (Lipinski definition) is 3. The molecule has 0 radical (unpaired) electrons. The van der Waals surface area contributed by atoms with Gasteiger partial charge in [0.2, 0.25) is 0 Å². The Labute approximate surface area is 93.2 Å². The maximum Gasteiger partial charge on any atom is 0.344 e. The van der Waals surface area contributed by atoms with Gasteiger partial charge in [-0.05, 0) is 41.9 Å². The summed E-state index contributed by atoms with van der Waals surface area (Å²) < 4.78 is 5.27. The molecule has 1 rings (SSSR count). The molecule has 1 aliphatic rings. The maximum atomic E-state index is 11.0. The van der Waals surface area contributed by atoms with Crippen LogP contribution in [0.2, 0.25) is 0 Å². The first-order valence-corrected chi connectivity index (χ1v) is 5.73. The lowest BCUT2D eigenvalue weighted by Gasteiger charge is -2.25. The Morgan fingerprint density at radius 3 is 2.57 bits per heavy atom. The van der Waals surface area contributed by atoms with Gasteiger partial charge in [-0.1, -0.05) is 13.0 Å². The van der Waals surface area contributed by atoms with Gasteiger partial charge in [-0.15, -0.1) is 0 Å². The monoisotopic (exact) mass is 261 g/mol. The SMILES string of the molecule is C=C(Br)C(=O)OCCN1CCCCC1. The van der Waals surface area contributed by atoms with Crippen molar-refractivity contribution in [3.63, 3.8) is 0 Å². The van der Waals surface area contributed by atoms with Gasteiger partial charge in [-0.2, -0.15) is 0 Å². The number of carbonyl (C=O) groups is 1. The van der Waals surface area contributed by atoms with Gasteiger partial charge in [-0.25, -0.2) is 4.79 Å². The highest BCUT2D eigenvalue weighted by molar-refractivity contribution is 9.12. The Balaban J connectivity index is 2.08. The van der Waals surface area contributed by atoms with Crippen LogP contribution in [0.1, 0.15) is 19.3 Å². The van der Waals surface area contributed by atoms with Crippen LogP contribution in [0, 0.1) is 0 Å². The smallest absolute Gasteiger partial charge is 0.344 e. The van der Waals surface area contributed by atoms with Crippen LogP contribution in [0.3, 0.4) is 0 Å². The number of ether oxygens (including phenoxy) is 1. The van der Waals surface area contributed by atoms with Crippen LogP contribution < -0.4 is 0 Å². The largest absolute Gasteiger partial charge is 0.460 e. The van der Waals surface area contributed by atoms with Crippen LogP contribution in [-0.2, 0) is 9.53 Å². The highest BCUT2D eigenvalue weighted by Gasteiger charge is 2.10. The van der Waals surface area contributed by atoms with Crippen molar-refractivity contribution in [2.75, 3.05) is 26.2 Å². The van der Waals surface area contributed by atoms with Gasteiger partial charge in [0.1, 0.15) is 6.61 Å². The Bertz CT molecular complexity index is 212. The molecule has 14 heavy (non-hydrogen) atoms. The third-order valence-electron chi connectivity index (χ3n) is 2.31. The summed E-state index contributed by atoms with van der Waals surface area (Å²) in [6.07, 6.45) is 3.85. The first-order chi connectivity index (χ1) is 6.70. The van der Waals surface area contributed by atoms with E-state index >= 15 is 0 Å². The van der Waals surface area contributed by atoms with Crippen LogP contribution in [0.5, 0.6) is 0 Å². The molecule has 0 spiro atoms. The highest BCUT2D eigenvalue weighted by Crippen LogP contribution is 2.08. The zero-order valence-corrected chi connectivity index (χ0v) is 9.88. The zero-order chi connectivity index (χ0) is 10.4. The van der Waals surface area contributed by atoms with E-state index in [1.807, 2.05) is 0 Å². The first-order valence-electron chi connectivity index (χ1n) is 4.94. The molecule has 80 valence electrons. The summed E-state index contributed by atoms with van der Waals surface area (Å²) in [6.45, 7) is 7.01. The molecule has 0 N–H and O–H groups in total. The second kappa shape index (κ2) is 6.19. The lowest BCUT2D eigenvalue weighted by Crippen LogP contribution is -2.33. The van der Waals surface area contributed by atoms with Gasteiger partial charge in [0.25, 0.3) is 0 Å². The van der Waals surface area contributed by atoms with Gasteiger partial charge in [0.15, 0.2) is 0 Å². The van der Waals surface area contributed by atoms with Gasteiger partial charge < -0.3 is 4.74 Å². The van der Waals surface area contributed by atoms with E-state index in [4.69, 9.17) is 4.74 Å². The molecule has 0 aromatic heterocycles. The van der Waals surface area contributed by atoms with Crippen molar-refractivity contribution in [1.29, 1.82) is 0 Å². The number of rotatable bonds is 4. The van der Waals surface area contributed by atoms with E-state index in [0.29, 0.717) is 6.61 Å². The zero-order valence-electron chi connectivity index (χ0n) is 8.30. The Morgan fingerprint density at radius 1 is 1.36 bits per heavy atom. The molecule has 3 nitrogen and oxygen atoms in total. The molecule has 0 unspecified atom stereocenters. The molecule has 4 heteroatoms. The minimum Gasteiger partial charge on any atom is -0.460 e. The average Bonchev–Trinajstić information content (AvgIpc) is 2.19. The van der Waals surface area contributed by atoms with Crippen molar-refractivity contribution in [2.45, 2.75) is 19.3 Å². The average molecular weight is 262 g/mol. The van der Waals surface area contributed by atoms with E-state index in [0.717, 1.165) is 19.6 Å². The topological polar surface area (TPSA) is 29.5 Å². The van der Waals surface area contributed by atoms with Crippen molar-refractivity contribution in [3.8, 4) is 0 Å². The molecule has 0 amide bonds. The molecular formula is C10H16BrNO2. The summed E-state index contributed by atoms with van der Waals surface area (Å²) in [7, 11) is 0. The molecule has 1 heterocycles. The van der Waals surface area contributed by atoms with E-state index in [1.165, 1.54) is 19.3 Å². The summed E-state index contributed by atoms with van der Waals surface area (Å²) in [6, 6.07) is 0. The Morgan fingerprint density at radius 2 is 2.00 bits per heavy atom. The third kappa shape index (κ3) is 4.24. The molecule has 1 saturated heterocycles. The molecule has 0 aromatic rings. The maximum absolute atomic E-state index is 11.0. The van der Waals surface area contributed by atoms with Crippen LogP contribution in [0.25, 0.3) is 0 Å². The quantitative estimate of drug-likeness (QED) is 0.572. The lowest BCUT2D eigenvalue weighted by molar-refractivity contribution is -0.138. The molecule has 0 bridgehead atoms. The second-order valence-electron chi connectivity index (χ2n) is 3.44. The number of esters is 1. The van der Waals surface area contributed by atoms with Crippen molar-refractivity contribution in [1.82, 2.24) is 4.90 Å². The van der Waals surface area contributed by atoms with E-state index in [2.05, 4.69) is 27.4 Å². The molecule has 0 saturated carbocycles. The number of piperidine rings is 1. The summed E-state index contributed by atoms with van der Waals surface area (Å²) in [5.74, 6) is -0.359. The van der Waals surface area contributed by atoms with Crippen molar-refractivity contribution >= 4 is 21.9 Å². The minimum absolute atomic E-state index is 0.288. The summed E-state index contributed by atoms with van der Waals surface area (Å²) in [4.78, 5) is 13.3. The Kier molecular flexibility index (Phi) is 5.19. The molecule has 0 aromatic carbocycles. The third-order valence-corrected chi connectivity index (χ3v) is 2.63. The molecule has 1 fully saturated rings. The van der Waals surface area contributed by atoms with Crippen LogP contribution in [0.4, 0.5) is 0 Å². The van der Waals surface area contributed by atoms with Gasteiger partial charge >= 0.3 is 5.97 Å². The molecular weight excluding hydrogens is 246 g/mol. The first kappa shape index (κ1) is 11.7. The predicted octanol–water partition coefficient (Wildman–Crippen LogP) is 1.92. The van der Waals surface area contributed by atoms with Crippen LogP contribution >= 0.6 is 15.9 Å². The minimum atomic E-state index is -0.359. The summed E-state index contributed by atoms with van der Waals surface area (Å²) >= 11 is 2.98. The van der Waals surface area contributed by atoms with E-state index in [-0.39, 0.29) is 10.5 Å². The number of likely N-dealkylation sites (tertiary alicyclic amines) is 1. The van der Waals surface area contributed by atoms with Crippen LogP contribution in [-0.4, -0.2) is 37.1 Å². The number of carbonyl (C=O) groups excluding carboxylic acids is 1. The summed E-state index contributed by atoms with van der Waals surface area (Å²) in [5, 5.41) is 0. The normalized spacial score (nSPS) is 17.8. The van der Waals surface area contributed by atoms with Crippen LogP contribution in [0.15, 0.2) is 11.1 Å². The molecule has 0 atom stereocenters. The van der Waals surface area contributed by atoms with E-state index in [9.17, 15) is 4.79 Å². The van der Waals surface area contributed by atoms with Gasteiger partial charge in [0.05, 0.1) is 4.48 Å². The number of nitrogens with zero attached hydrogens (tertiary/aromatic N) is 1. The second-order valence-corrected chi connectivity index (χ2v) is 4.40. The van der Waals surface area contributed by atoms with Crippen molar-refractivity contribution in [3.05, 3.63) is 11.1 Å². The fraction of sp³-hybridized carbons (Fsp3) is 0.700. The number of hydrogen-bond donors (Lipinski definition) is 0. The fourth-order valence-electron chi connectivity index (χ4n) is 1.53. The Hall–Kier alpha value is -0.350. The van der Waals surface area contributed by atoms with Gasteiger partial charge in [0, 0.05) is 6.54 Å². The lowest BCUT2D eigenvalue weighted by atomic mass is 10.1.